The van der Waals surface area contributed by atoms with Gasteiger partial charge in [-0.05, 0) is 51.7 Å². The number of carbonyl (C=O) groups is 2. The maximum absolute atomic E-state index is 12.7. The molecular formula is C21H28F2N2O5S. The largest absolute Gasteiger partial charge is 0.488 e. The van der Waals surface area contributed by atoms with Crippen molar-refractivity contribution in [2.45, 2.75) is 62.8 Å². The molecule has 2 N–H and O–H groups in total. The van der Waals surface area contributed by atoms with E-state index < -0.39 is 28.6 Å². The Morgan fingerprint density at radius 3 is 2.74 bits per heavy atom. The number of halogens is 2. The Bertz CT molecular complexity index is 916. The first-order valence-electron chi connectivity index (χ1n) is 10.0. The Morgan fingerprint density at radius 1 is 1.32 bits per heavy atom. The van der Waals surface area contributed by atoms with Gasteiger partial charge in [-0.3, -0.25) is 14.9 Å². The van der Waals surface area contributed by atoms with E-state index in [1.54, 1.807) is 19.9 Å². The summed E-state index contributed by atoms with van der Waals surface area (Å²) in [5, 5.41) is 2.30. The molecule has 2 rings (SSSR count). The highest BCUT2D eigenvalue weighted by Crippen LogP contribution is 2.22. The normalized spacial score (nSPS) is 17.9. The molecule has 31 heavy (non-hydrogen) atoms. The second-order valence-corrected chi connectivity index (χ2v) is 9.73. The first kappa shape index (κ1) is 24.9. The summed E-state index contributed by atoms with van der Waals surface area (Å²) >= 11 is 0. The summed E-state index contributed by atoms with van der Waals surface area (Å²) in [6.07, 6.45) is 3.68. The van der Waals surface area contributed by atoms with Crippen LogP contribution in [0.15, 0.2) is 41.3 Å². The van der Waals surface area contributed by atoms with Gasteiger partial charge in [0.25, 0.3) is 6.43 Å². The molecule has 0 radical (unpaired) electrons. The molecule has 1 aliphatic rings. The van der Waals surface area contributed by atoms with E-state index in [-0.39, 0.29) is 28.4 Å². The fourth-order valence-corrected chi connectivity index (χ4v) is 4.66. The van der Waals surface area contributed by atoms with Crippen LogP contribution in [0.25, 0.3) is 0 Å². The molecule has 172 valence electrons. The zero-order valence-electron chi connectivity index (χ0n) is 17.6. The van der Waals surface area contributed by atoms with Crippen molar-refractivity contribution in [1.29, 1.82) is 0 Å². The molecule has 1 aliphatic heterocycles. The van der Waals surface area contributed by atoms with E-state index >= 15 is 0 Å². The van der Waals surface area contributed by atoms with E-state index in [0.29, 0.717) is 32.1 Å². The molecule has 1 atom stereocenters. The average molecular weight is 459 g/mol. The monoisotopic (exact) mass is 458 g/mol. The van der Waals surface area contributed by atoms with Gasteiger partial charge in [0.2, 0.25) is 21.8 Å². The number of hydrogen-bond donors (Lipinski definition) is 2. The van der Waals surface area contributed by atoms with E-state index in [4.69, 9.17) is 4.74 Å². The first-order valence-corrected chi connectivity index (χ1v) is 11.5. The minimum atomic E-state index is -3.87. The third-order valence-electron chi connectivity index (χ3n) is 4.73. The van der Waals surface area contributed by atoms with Gasteiger partial charge in [-0.2, -0.15) is 0 Å². The number of rotatable bonds is 11. The van der Waals surface area contributed by atoms with Crippen LogP contribution in [0.3, 0.4) is 0 Å². The summed E-state index contributed by atoms with van der Waals surface area (Å²) in [5.41, 5.74) is -0.749. The van der Waals surface area contributed by atoms with Gasteiger partial charge in [-0.15, -0.1) is 0 Å². The minimum absolute atomic E-state index is 0.0552. The van der Waals surface area contributed by atoms with E-state index in [1.807, 2.05) is 6.08 Å². The van der Waals surface area contributed by atoms with Crippen LogP contribution < -0.4 is 14.8 Å². The van der Waals surface area contributed by atoms with Crippen LogP contribution in [0.1, 0.15) is 46.0 Å². The lowest BCUT2D eigenvalue weighted by molar-refractivity contribution is -0.135. The van der Waals surface area contributed by atoms with Crippen molar-refractivity contribution in [1.82, 2.24) is 10.0 Å². The number of hydrogen-bond acceptors (Lipinski definition) is 5. The molecule has 0 aromatic heterocycles. The number of alkyl halides is 2. The van der Waals surface area contributed by atoms with E-state index in [2.05, 4.69) is 10.0 Å². The van der Waals surface area contributed by atoms with Gasteiger partial charge in [-0.25, -0.2) is 21.9 Å². The lowest BCUT2D eigenvalue weighted by Gasteiger charge is -2.26. The van der Waals surface area contributed by atoms with Crippen molar-refractivity contribution in [3.05, 3.63) is 36.4 Å². The van der Waals surface area contributed by atoms with Crippen molar-refractivity contribution in [3.63, 3.8) is 0 Å². The number of nitrogens with one attached hydrogen (secondary N) is 2. The third-order valence-corrected chi connectivity index (χ3v) is 6.42. The predicted octanol–water partition coefficient (Wildman–Crippen LogP) is 3.17. The van der Waals surface area contributed by atoms with Crippen molar-refractivity contribution in [2.75, 3.05) is 6.61 Å². The van der Waals surface area contributed by atoms with Crippen LogP contribution in [-0.4, -0.2) is 38.8 Å². The first-order chi connectivity index (χ1) is 14.5. The summed E-state index contributed by atoms with van der Waals surface area (Å²) in [5.74, 6) is -0.807. The highest BCUT2D eigenvalue weighted by Gasteiger charge is 2.26. The molecule has 1 heterocycles. The molecule has 1 fully saturated rings. The smallest absolute Gasteiger partial charge is 0.272 e. The van der Waals surface area contributed by atoms with Gasteiger partial charge in [0.1, 0.15) is 12.4 Å². The molecule has 1 aromatic rings. The van der Waals surface area contributed by atoms with Gasteiger partial charge >= 0.3 is 0 Å². The highest BCUT2D eigenvalue weighted by atomic mass is 32.2. The van der Waals surface area contributed by atoms with E-state index in [0.717, 1.165) is 0 Å². The number of sulfonamides is 1. The van der Waals surface area contributed by atoms with Crippen molar-refractivity contribution in [2.24, 2.45) is 5.92 Å². The molecule has 0 bridgehead atoms. The van der Waals surface area contributed by atoms with Crippen LogP contribution in [0, 0.1) is 5.92 Å². The molecule has 1 unspecified atom stereocenters. The van der Waals surface area contributed by atoms with Gasteiger partial charge in [0.05, 0.1) is 10.8 Å². The van der Waals surface area contributed by atoms with Crippen LogP contribution >= 0.6 is 0 Å². The zero-order chi connectivity index (χ0) is 23.1. The second kappa shape index (κ2) is 10.8. The number of allylic oxidation sites excluding steroid dienone is 1. The number of benzene rings is 1. The third kappa shape index (κ3) is 8.37. The van der Waals surface area contributed by atoms with Crippen molar-refractivity contribution in [3.8, 4) is 5.75 Å². The maximum Gasteiger partial charge on any atom is 0.272 e. The molecule has 7 nitrogen and oxygen atoms in total. The summed E-state index contributed by atoms with van der Waals surface area (Å²) in [7, 11) is -3.87. The van der Waals surface area contributed by atoms with Crippen LogP contribution in [0.5, 0.6) is 5.75 Å². The number of imide groups is 1. The molecule has 0 saturated carbocycles. The molecule has 1 saturated heterocycles. The standard InChI is InChI=1S/C21H28F2N2O5S/c1-21(2,12-5-3-4-7-15-10-11-19(26)24-20(15)27)25-31(28,29)17-9-6-8-16(13-17)30-14-18(22)23/h4,6-9,13,15,18,25H,3,5,10-12,14H2,1-2H3,(H,24,26,27)/b7-4+. The fourth-order valence-electron chi connectivity index (χ4n) is 3.18. The van der Waals surface area contributed by atoms with Gasteiger partial charge in [0.15, 0.2) is 0 Å². The summed E-state index contributed by atoms with van der Waals surface area (Å²) in [6, 6.07) is 5.43. The minimum Gasteiger partial charge on any atom is -0.488 e. The van der Waals surface area contributed by atoms with E-state index in [1.165, 1.54) is 24.3 Å². The lowest BCUT2D eigenvalue weighted by atomic mass is 9.96. The summed E-state index contributed by atoms with van der Waals surface area (Å²) in [6.45, 7) is 2.70. The van der Waals surface area contributed by atoms with Gasteiger partial charge < -0.3 is 4.74 Å². The molecule has 0 aliphatic carbocycles. The van der Waals surface area contributed by atoms with Gasteiger partial charge in [0, 0.05) is 18.0 Å². The molecule has 1 aromatic carbocycles. The average Bonchev–Trinajstić information content (AvgIpc) is 2.67. The Morgan fingerprint density at radius 2 is 2.06 bits per heavy atom. The predicted molar refractivity (Wildman–Crippen MR) is 111 cm³/mol. The zero-order valence-corrected chi connectivity index (χ0v) is 18.4. The maximum atomic E-state index is 12.7. The number of unbranched alkanes of at least 4 members (excludes halogenated alkanes) is 1. The number of piperidine rings is 1. The van der Waals surface area contributed by atoms with Gasteiger partial charge in [-0.1, -0.05) is 18.2 Å². The number of carbonyl (C=O) groups excluding carboxylic acids is 2. The second-order valence-electron chi connectivity index (χ2n) is 8.04. The summed E-state index contributed by atoms with van der Waals surface area (Å²) in [4.78, 5) is 22.8. The topological polar surface area (TPSA) is 102 Å². The molecule has 0 spiro atoms. The van der Waals surface area contributed by atoms with E-state index in [9.17, 15) is 26.8 Å². The Kier molecular flexibility index (Phi) is 8.69. The van der Waals surface area contributed by atoms with Crippen LogP contribution in [0.4, 0.5) is 8.78 Å². The fraction of sp³-hybridized carbons (Fsp3) is 0.524. The number of amides is 2. The molecule has 10 heteroatoms. The summed E-state index contributed by atoms with van der Waals surface area (Å²) < 4.78 is 57.5. The van der Waals surface area contributed by atoms with Crippen molar-refractivity contribution >= 4 is 21.8 Å². The Hall–Kier alpha value is -2.33. The SMILES string of the molecule is CC(C)(CCC/C=C/C1CCC(=O)NC1=O)NS(=O)(=O)c1cccc(OCC(F)F)c1. The molecule has 2 amide bonds. The Labute approximate surface area is 181 Å². The quantitative estimate of drug-likeness (QED) is 0.301. The molecular weight excluding hydrogens is 430 g/mol. The lowest BCUT2D eigenvalue weighted by Crippen LogP contribution is -2.43. The van der Waals surface area contributed by atoms with Crippen LogP contribution in [-0.2, 0) is 19.6 Å². The number of ether oxygens (including phenoxy) is 1. The van der Waals surface area contributed by atoms with Crippen molar-refractivity contribution < 1.29 is 31.5 Å². The highest BCUT2D eigenvalue weighted by molar-refractivity contribution is 7.89. The van der Waals surface area contributed by atoms with Crippen LogP contribution in [0.2, 0.25) is 0 Å². The Balaban J connectivity index is 1.86.